The highest BCUT2D eigenvalue weighted by Crippen LogP contribution is 2.29. The molecule has 0 saturated carbocycles. The first-order chi connectivity index (χ1) is 15.7. The molecule has 33 heavy (non-hydrogen) atoms. The largest absolute Gasteiger partial charge is 0.383 e. The molecule has 0 aromatic heterocycles. The van der Waals surface area contributed by atoms with Crippen LogP contribution >= 0.6 is 0 Å². The van der Waals surface area contributed by atoms with Crippen LogP contribution in [0.15, 0.2) is 23.1 Å². The number of hydrogen-bond donors (Lipinski definition) is 2. The van der Waals surface area contributed by atoms with Gasteiger partial charge in [-0.2, -0.15) is 4.72 Å². The van der Waals surface area contributed by atoms with E-state index in [1.807, 2.05) is 0 Å². The van der Waals surface area contributed by atoms with Crippen LogP contribution in [0.1, 0.15) is 18.4 Å². The van der Waals surface area contributed by atoms with Gasteiger partial charge in [-0.1, -0.05) is 6.07 Å². The molecule has 0 radical (unpaired) electrons. The summed E-state index contributed by atoms with van der Waals surface area (Å²) in [7, 11) is -2.66. The average molecular weight is 482 g/mol. The van der Waals surface area contributed by atoms with Crippen LogP contribution in [0.2, 0.25) is 0 Å². The van der Waals surface area contributed by atoms with Crippen molar-refractivity contribution in [3.8, 4) is 0 Å². The first-order valence-electron chi connectivity index (χ1n) is 10.9. The molecule has 182 valence electrons. The minimum atomic E-state index is -4.27. The molecular weight excluding hydrogens is 450 g/mol. The summed E-state index contributed by atoms with van der Waals surface area (Å²) in [6, 6.07) is 2.86. The normalized spacial score (nSPS) is 18.5. The van der Waals surface area contributed by atoms with Crippen LogP contribution in [0.25, 0.3) is 0 Å². The lowest BCUT2D eigenvalue weighted by Crippen LogP contribution is -2.58. The number of benzene rings is 1. The second-order valence-electron chi connectivity index (χ2n) is 8.17. The molecule has 1 aromatic carbocycles. The van der Waals surface area contributed by atoms with E-state index in [4.69, 9.17) is 10.5 Å². The van der Waals surface area contributed by atoms with Gasteiger partial charge in [0.05, 0.1) is 11.5 Å². The average Bonchev–Trinajstić information content (AvgIpc) is 3.21. The third kappa shape index (κ3) is 5.69. The van der Waals surface area contributed by atoms with Gasteiger partial charge >= 0.3 is 0 Å². The number of rotatable bonds is 9. The van der Waals surface area contributed by atoms with Crippen LogP contribution < -0.4 is 15.4 Å². The number of ether oxygens (including phenoxy) is 1. The Morgan fingerprint density at radius 3 is 2.45 bits per heavy atom. The van der Waals surface area contributed by atoms with Gasteiger partial charge in [0.25, 0.3) is 5.91 Å². The summed E-state index contributed by atoms with van der Waals surface area (Å²) in [6.07, 6.45) is 1.11. The predicted octanol–water partition coefficient (Wildman–Crippen LogP) is -0.955. The minimum Gasteiger partial charge on any atom is -0.383 e. The van der Waals surface area contributed by atoms with Gasteiger partial charge in [-0.05, 0) is 31.0 Å². The van der Waals surface area contributed by atoms with Gasteiger partial charge in [-0.15, -0.1) is 0 Å². The Morgan fingerprint density at radius 1 is 1.18 bits per heavy atom. The SMILES string of the molecule is COCCN1CCN(C(=O)[C@@H](NS(=O)(=O)c2cccc(N3CCCC3=O)c2C)C(N)=O)CC1. The molecule has 12 heteroatoms. The molecule has 2 aliphatic rings. The van der Waals surface area contributed by atoms with Gasteiger partial charge in [0.15, 0.2) is 6.04 Å². The van der Waals surface area contributed by atoms with Crippen molar-refractivity contribution in [2.45, 2.75) is 30.7 Å². The van der Waals surface area contributed by atoms with E-state index in [1.54, 1.807) is 25.0 Å². The topological polar surface area (TPSA) is 142 Å². The number of piperazine rings is 1. The molecule has 1 atom stereocenters. The number of carbonyl (C=O) groups excluding carboxylic acids is 3. The number of amides is 3. The smallest absolute Gasteiger partial charge is 0.250 e. The zero-order chi connectivity index (χ0) is 24.2. The van der Waals surface area contributed by atoms with Crippen LogP contribution in [-0.4, -0.2) is 95.0 Å². The Kier molecular flexibility index (Phi) is 8.05. The maximum absolute atomic E-state index is 13.2. The van der Waals surface area contributed by atoms with Crippen molar-refractivity contribution in [2.24, 2.45) is 5.73 Å². The summed E-state index contributed by atoms with van der Waals surface area (Å²) >= 11 is 0. The Hall–Kier alpha value is -2.54. The Labute approximate surface area is 193 Å². The standard InChI is InChI=1S/C21H31N5O6S/c1-15-16(26-8-4-7-18(26)27)5-3-6-17(15)33(30,31)23-19(20(22)28)21(29)25-11-9-24(10-12-25)13-14-32-2/h3,5-6,19,23H,4,7-14H2,1-2H3,(H2,22,28)/t19-/m0/s1. The van der Waals surface area contributed by atoms with Crippen molar-refractivity contribution < 1.29 is 27.5 Å². The van der Waals surface area contributed by atoms with Crippen molar-refractivity contribution in [1.82, 2.24) is 14.5 Å². The first kappa shape index (κ1) is 25.1. The van der Waals surface area contributed by atoms with Crippen LogP contribution in [-0.2, 0) is 29.1 Å². The number of methoxy groups -OCH3 is 1. The fourth-order valence-electron chi connectivity index (χ4n) is 4.13. The molecule has 2 fully saturated rings. The molecule has 2 aliphatic heterocycles. The van der Waals surface area contributed by atoms with Crippen molar-refractivity contribution in [1.29, 1.82) is 0 Å². The Balaban J connectivity index is 1.76. The van der Waals surface area contributed by atoms with E-state index in [0.29, 0.717) is 63.4 Å². The molecule has 2 heterocycles. The molecule has 3 amide bonds. The van der Waals surface area contributed by atoms with Gasteiger partial charge in [0.1, 0.15) is 0 Å². The molecule has 11 nitrogen and oxygen atoms in total. The maximum atomic E-state index is 13.2. The number of carbonyl (C=O) groups is 3. The van der Waals surface area contributed by atoms with E-state index < -0.39 is 27.9 Å². The van der Waals surface area contributed by atoms with Crippen LogP contribution in [0.4, 0.5) is 5.69 Å². The second kappa shape index (κ2) is 10.6. The molecule has 3 N–H and O–H groups in total. The monoisotopic (exact) mass is 481 g/mol. The molecule has 3 rings (SSSR count). The summed E-state index contributed by atoms with van der Waals surface area (Å²) in [5, 5.41) is 0. The Morgan fingerprint density at radius 2 is 1.88 bits per heavy atom. The van der Waals surface area contributed by atoms with Crippen LogP contribution in [0.3, 0.4) is 0 Å². The van der Waals surface area contributed by atoms with Gasteiger partial charge in [-0.25, -0.2) is 8.42 Å². The molecule has 0 aliphatic carbocycles. The number of anilines is 1. The quantitative estimate of drug-likeness (QED) is 0.433. The number of hydrogen-bond acceptors (Lipinski definition) is 7. The van der Waals surface area contributed by atoms with Gasteiger partial charge < -0.3 is 20.3 Å². The van der Waals surface area contributed by atoms with Crippen molar-refractivity contribution in [2.75, 3.05) is 57.9 Å². The van der Waals surface area contributed by atoms with Crippen molar-refractivity contribution >= 4 is 33.4 Å². The van der Waals surface area contributed by atoms with Gasteiger partial charge in [-0.3, -0.25) is 19.3 Å². The van der Waals surface area contributed by atoms with E-state index in [2.05, 4.69) is 9.62 Å². The lowest BCUT2D eigenvalue weighted by molar-refractivity contribution is -0.139. The Bertz CT molecular complexity index is 1010. The summed E-state index contributed by atoms with van der Waals surface area (Å²) in [5.41, 5.74) is 6.27. The zero-order valence-electron chi connectivity index (χ0n) is 19.0. The van der Waals surface area contributed by atoms with Crippen molar-refractivity contribution in [3.05, 3.63) is 23.8 Å². The molecule has 2 saturated heterocycles. The number of nitrogens with two attached hydrogens (primary N) is 1. The first-order valence-corrected chi connectivity index (χ1v) is 12.4. The molecule has 0 bridgehead atoms. The van der Waals surface area contributed by atoms with E-state index in [9.17, 15) is 22.8 Å². The van der Waals surface area contributed by atoms with E-state index >= 15 is 0 Å². The van der Waals surface area contributed by atoms with E-state index in [0.717, 1.165) is 6.54 Å². The highest BCUT2D eigenvalue weighted by atomic mass is 32.2. The van der Waals surface area contributed by atoms with Gasteiger partial charge in [0.2, 0.25) is 21.8 Å². The molecule has 0 spiro atoms. The third-order valence-electron chi connectivity index (χ3n) is 6.01. The summed E-state index contributed by atoms with van der Waals surface area (Å²) < 4.78 is 33.6. The highest BCUT2D eigenvalue weighted by Gasteiger charge is 2.36. The van der Waals surface area contributed by atoms with E-state index in [-0.39, 0.29) is 10.8 Å². The highest BCUT2D eigenvalue weighted by molar-refractivity contribution is 7.89. The van der Waals surface area contributed by atoms with Crippen LogP contribution in [0.5, 0.6) is 0 Å². The fraction of sp³-hybridized carbons (Fsp3) is 0.571. The van der Waals surface area contributed by atoms with Crippen LogP contribution in [0, 0.1) is 6.92 Å². The van der Waals surface area contributed by atoms with Gasteiger partial charge in [0, 0.05) is 58.5 Å². The number of primary amides is 1. The maximum Gasteiger partial charge on any atom is 0.250 e. The van der Waals surface area contributed by atoms with E-state index in [1.165, 1.54) is 17.0 Å². The lowest BCUT2D eigenvalue weighted by Gasteiger charge is -2.35. The molecule has 0 unspecified atom stereocenters. The summed E-state index contributed by atoms with van der Waals surface area (Å²) in [5.74, 6) is -1.83. The summed E-state index contributed by atoms with van der Waals surface area (Å²) in [4.78, 5) is 42.2. The minimum absolute atomic E-state index is 0.0737. The lowest BCUT2D eigenvalue weighted by atomic mass is 10.2. The predicted molar refractivity (Wildman–Crippen MR) is 121 cm³/mol. The zero-order valence-corrected chi connectivity index (χ0v) is 19.8. The number of nitrogens with one attached hydrogen (secondary N) is 1. The van der Waals surface area contributed by atoms with Crippen molar-refractivity contribution in [3.63, 3.8) is 0 Å². The molecular formula is C21H31N5O6S. The number of sulfonamides is 1. The fourth-order valence-corrected chi connectivity index (χ4v) is 5.55. The second-order valence-corrected chi connectivity index (χ2v) is 9.85. The third-order valence-corrected chi connectivity index (χ3v) is 7.58. The number of nitrogens with zero attached hydrogens (tertiary/aromatic N) is 3. The summed E-state index contributed by atoms with van der Waals surface area (Å²) in [6.45, 7) is 5.25. The molecule has 1 aromatic rings.